The number of carbonyl (C=O) groups is 1. The fraction of sp³-hybridized carbons (Fsp3) is 0.300. The quantitative estimate of drug-likeness (QED) is 0.737. The lowest BCUT2D eigenvalue weighted by atomic mass is 9.96. The van der Waals surface area contributed by atoms with Crippen molar-refractivity contribution in [1.29, 1.82) is 0 Å². The molecule has 0 spiro atoms. The molecule has 0 aromatic heterocycles. The van der Waals surface area contributed by atoms with Crippen LogP contribution in [0.3, 0.4) is 0 Å². The third kappa shape index (κ3) is 2.29. The number of hydrogen-bond acceptors (Lipinski definition) is 2. The lowest BCUT2D eigenvalue weighted by molar-refractivity contribution is -0.141. The van der Waals surface area contributed by atoms with Crippen LogP contribution in [0.15, 0.2) is 30.3 Å². The van der Waals surface area contributed by atoms with Gasteiger partial charge in [-0.15, -0.1) is 0 Å². The largest absolute Gasteiger partial charge is 0.481 e. The van der Waals surface area contributed by atoms with Crippen molar-refractivity contribution >= 4 is 5.97 Å². The van der Waals surface area contributed by atoms with Crippen LogP contribution >= 0.6 is 0 Å². The first kappa shape index (κ1) is 9.74. The Kier molecular flexibility index (Phi) is 3.03. The molecular formula is C10H13NO2. The van der Waals surface area contributed by atoms with Crippen LogP contribution < -0.4 is 5.73 Å². The van der Waals surface area contributed by atoms with E-state index in [4.69, 9.17) is 10.8 Å². The van der Waals surface area contributed by atoms with Gasteiger partial charge in [-0.3, -0.25) is 4.79 Å². The molecule has 2 atom stereocenters. The van der Waals surface area contributed by atoms with Gasteiger partial charge in [0.05, 0.1) is 5.92 Å². The predicted octanol–water partition coefficient (Wildman–Crippen LogP) is 1.41. The second-order valence-electron chi connectivity index (χ2n) is 3.06. The molecule has 0 saturated carbocycles. The van der Waals surface area contributed by atoms with Gasteiger partial charge in [0.15, 0.2) is 0 Å². The van der Waals surface area contributed by atoms with E-state index in [0.717, 1.165) is 5.56 Å². The van der Waals surface area contributed by atoms with Gasteiger partial charge < -0.3 is 10.8 Å². The minimum Gasteiger partial charge on any atom is -0.481 e. The van der Waals surface area contributed by atoms with Crippen LogP contribution in [0.25, 0.3) is 0 Å². The van der Waals surface area contributed by atoms with E-state index in [2.05, 4.69) is 0 Å². The fourth-order valence-electron chi connectivity index (χ4n) is 1.12. The van der Waals surface area contributed by atoms with Crippen molar-refractivity contribution in [3.8, 4) is 0 Å². The maximum atomic E-state index is 10.6. The second-order valence-corrected chi connectivity index (χ2v) is 3.06. The van der Waals surface area contributed by atoms with Crippen molar-refractivity contribution in [2.45, 2.75) is 13.0 Å². The highest BCUT2D eigenvalue weighted by molar-refractivity contribution is 5.70. The molecule has 70 valence electrons. The van der Waals surface area contributed by atoms with E-state index in [1.54, 1.807) is 6.92 Å². The molecule has 0 amide bonds. The smallest absolute Gasteiger partial charge is 0.308 e. The van der Waals surface area contributed by atoms with Gasteiger partial charge in [0.2, 0.25) is 0 Å². The summed E-state index contributed by atoms with van der Waals surface area (Å²) in [4.78, 5) is 10.6. The highest BCUT2D eigenvalue weighted by Gasteiger charge is 2.20. The zero-order chi connectivity index (χ0) is 9.84. The van der Waals surface area contributed by atoms with E-state index >= 15 is 0 Å². The van der Waals surface area contributed by atoms with Crippen LogP contribution in [0.4, 0.5) is 0 Å². The van der Waals surface area contributed by atoms with E-state index in [-0.39, 0.29) is 0 Å². The molecule has 3 heteroatoms. The second kappa shape index (κ2) is 4.05. The summed E-state index contributed by atoms with van der Waals surface area (Å²) in [6.07, 6.45) is 0. The number of benzene rings is 1. The molecule has 3 nitrogen and oxygen atoms in total. The van der Waals surface area contributed by atoms with E-state index in [1.807, 2.05) is 30.3 Å². The van der Waals surface area contributed by atoms with E-state index in [1.165, 1.54) is 0 Å². The first-order valence-corrected chi connectivity index (χ1v) is 4.16. The van der Waals surface area contributed by atoms with Crippen molar-refractivity contribution in [3.05, 3.63) is 35.9 Å². The van der Waals surface area contributed by atoms with Crippen LogP contribution in [0, 0.1) is 5.92 Å². The van der Waals surface area contributed by atoms with Crippen molar-refractivity contribution in [1.82, 2.24) is 0 Å². The average molecular weight is 179 g/mol. The Bertz CT molecular complexity index is 284. The lowest BCUT2D eigenvalue weighted by Gasteiger charge is -2.15. The van der Waals surface area contributed by atoms with Gasteiger partial charge in [0.25, 0.3) is 0 Å². The normalized spacial score (nSPS) is 14.9. The summed E-state index contributed by atoms with van der Waals surface area (Å²) in [5.41, 5.74) is 6.62. The fourth-order valence-corrected chi connectivity index (χ4v) is 1.12. The molecule has 0 bridgehead atoms. The molecule has 0 fully saturated rings. The number of aliphatic carboxylic acids is 1. The van der Waals surface area contributed by atoms with Crippen LogP contribution in [0.1, 0.15) is 18.5 Å². The summed E-state index contributed by atoms with van der Waals surface area (Å²) < 4.78 is 0. The van der Waals surface area contributed by atoms with Crippen LogP contribution in [0.5, 0.6) is 0 Å². The topological polar surface area (TPSA) is 63.3 Å². The van der Waals surface area contributed by atoms with Gasteiger partial charge in [0.1, 0.15) is 0 Å². The Morgan fingerprint density at radius 2 is 1.92 bits per heavy atom. The molecule has 13 heavy (non-hydrogen) atoms. The molecular weight excluding hydrogens is 166 g/mol. The van der Waals surface area contributed by atoms with Crippen molar-refractivity contribution in [3.63, 3.8) is 0 Å². The molecule has 2 unspecified atom stereocenters. The third-order valence-corrected chi connectivity index (χ3v) is 2.11. The summed E-state index contributed by atoms with van der Waals surface area (Å²) in [5, 5.41) is 8.73. The van der Waals surface area contributed by atoms with Gasteiger partial charge in [-0.2, -0.15) is 0 Å². The standard InChI is InChI=1S/C10H13NO2/c1-7(10(12)13)9(11)8-5-3-2-4-6-8/h2-7,9H,11H2,1H3,(H,12,13). The number of rotatable bonds is 3. The summed E-state index contributed by atoms with van der Waals surface area (Å²) in [6, 6.07) is 8.82. The van der Waals surface area contributed by atoms with Gasteiger partial charge in [0, 0.05) is 6.04 Å². The summed E-state index contributed by atoms with van der Waals surface area (Å²) in [6.45, 7) is 1.61. The highest BCUT2D eigenvalue weighted by Crippen LogP contribution is 2.18. The van der Waals surface area contributed by atoms with Crippen molar-refractivity contribution in [2.24, 2.45) is 11.7 Å². The number of carboxylic acids is 1. The van der Waals surface area contributed by atoms with Gasteiger partial charge >= 0.3 is 5.97 Å². The Morgan fingerprint density at radius 3 is 2.38 bits per heavy atom. The van der Waals surface area contributed by atoms with Crippen LogP contribution in [-0.2, 0) is 4.79 Å². The molecule has 0 saturated heterocycles. The van der Waals surface area contributed by atoms with Gasteiger partial charge in [-0.25, -0.2) is 0 Å². The van der Waals surface area contributed by atoms with Gasteiger partial charge in [-0.05, 0) is 5.56 Å². The molecule has 0 aliphatic rings. The van der Waals surface area contributed by atoms with Crippen molar-refractivity contribution < 1.29 is 9.90 Å². The highest BCUT2D eigenvalue weighted by atomic mass is 16.4. The Hall–Kier alpha value is -1.35. The minimum absolute atomic E-state index is 0.432. The summed E-state index contributed by atoms with van der Waals surface area (Å²) in [5.74, 6) is -1.42. The van der Waals surface area contributed by atoms with E-state index < -0.39 is 17.9 Å². The first-order valence-electron chi connectivity index (χ1n) is 4.16. The minimum atomic E-state index is -0.864. The van der Waals surface area contributed by atoms with E-state index in [0.29, 0.717) is 0 Å². The van der Waals surface area contributed by atoms with Crippen LogP contribution in [-0.4, -0.2) is 11.1 Å². The summed E-state index contributed by atoms with van der Waals surface area (Å²) >= 11 is 0. The third-order valence-electron chi connectivity index (χ3n) is 2.11. The molecule has 0 aliphatic heterocycles. The average Bonchev–Trinajstić information content (AvgIpc) is 2.17. The molecule has 1 rings (SSSR count). The number of nitrogens with two attached hydrogens (primary N) is 1. The Morgan fingerprint density at radius 1 is 1.38 bits per heavy atom. The molecule has 1 aromatic rings. The van der Waals surface area contributed by atoms with Crippen molar-refractivity contribution in [2.75, 3.05) is 0 Å². The zero-order valence-electron chi connectivity index (χ0n) is 7.47. The molecule has 3 N–H and O–H groups in total. The predicted molar refractivity (Wildman–Crippen MR) is 50.2 cm³/mol. The summed E-state index contributed by atoms with van der Waals surface area (Å²) in [7, 11) is 0. The van der Waals surface area contributed by atoms with E-state index in [9.17, 15) is 4.79 Å². The lowest BCUT2D eigenvalue weighted by Crippen LogP contribution is -2.25. The SMILES string of the molecule is CC(C(=O)O)C(N)c1ccccc1. The number of hydrogen-bond donors (Lipinski definition) is 2. The molecule has 0 heterocycles. The monoisotopic (exact) mass is 179 g/mol. The van der Waals surface area contributed by atoms with Gasteiger partial charge in [-0.1, -0.05) is 37.3 Å². The number of carboxylic acid groups (broad SMARTS) is 1. The molecule has 0 aliphatic carbocycles. The Balaban J connectivity index is 2.79. The zero-order valence-corrected chi connectivity index (χ0v) is 7.47. The maximum absolute atomic E-state index is 10.6. The van der Waals surface area contributed by atoms with Crippen LogP contribution in [0.2, 0.25) is 0 Å². The maximum Gasteiger partial charge on any atom is 0.308 e. The molecule has 0 radical (unpaired) electrons. The Labute approximate surface area is 77.2 Å². The molecule has 1 aromatic carbocycles. The first-order chi connectivity index (χ1) is 6.13.